The van der Waals surface area contributed by atoms with Gasteiger partial charge in [-0.15, -0.1) is 0 Å². The number of carbonyl (C=O) groups is 2. The summed E-state index contributed by atoms with van der Waals surface area (Å²) >= 11 is 0. The minimum Gasteiger partial charge on any atom is -0.487 e. The van der Waals surface area contributed by atoms with Gasteiger partial charge in [0, 0.05) is 48.3 Å². The van der Waals surface area contributed by atoms with Gasteiger partial charge in [0.1, 0.15) is 17.4 Å². The molecule has 11 nitrogen and oxygen atoms in total. The first kappa shape index (κ1) is 35.7. The van der Waals surface area contributed by atoms with Gasteiger partial charge in [0.05, 0.1) is 36.6 Å². The van der Waals surface area contributed by atoms with Gasteiger partial charge in [-0.25, -0.2) is 37.9 Å². The normalized spacial score (nSPS) is 27.6. The molecule has 2 N–H and O–H groups in total. The van der Waals surface area contributed by atoms with Crippen molar-refractivity contribution in [3.63, 3.8) is 0 Å². The smallest absolute Gasteiger partial charge is 0.434 e. The molecule has 4 heterocycles. The molecule has 0 unspecified atom stereocenters. The average molecular weight is 770 g/mol. The van der Waals surface area contributed by atoms with Gasteiger partial charge in [-0.05, 0) is 80.8 Å². The number of anilines is 1. The van der Waals surface area contributed by atoms with Gasteiger partial charge in [0.15, 0.2) is 17.3 Å². The van der Waals surface area contributed by atoms with Gasteiger partial charge < -0.3 is 24.6 Å². The van der Waals surface area contributed by atoms with E-state index < -0.39 is 52.6 Å². The standard InChI is InChI=1S/C38H37F6N7O4/c39-23-13-46-35(47-14-23)50-16-26(17-50)55-25-1-2-27-29(18-51(30(27)12-25)24-3-5-36(40,41)6-4-24)32-45-15-28(31(48-32)38(42,43)44)33(52)49-37(34(53)54)21-8-19-7-20(10-21)11-22(37)9-19/h1-2,12-15,18-22,24,26H,3-11,16-17H2,(H,49,52)(H,53,54). The third-order valence-corrected chi connectivity index (χ3v) is 12.6. The Kier molecular flexibility index (Phi) is 8.31. The van der Waals surface area contributed by atoms with Crippen LogP contribution in [-0.2, 0) is 11.0 Å². The molecule has 5 aliphatic carbocycles. The largest absolute Gasteiger partial charge is 0.487 e. The van der Waals surface area contributed by atoms with Crippen molar-refractivity contribution >= 4 is 28.7 Å². The molecule has 1 aromatic carbocycles. The van der Waals surface area contributed by atoms with Crippen LogP contribution in [0.15, 0.2) is 43.0 Å². The average Bonchev–Trinajstić information content (AvgIpc) is 3.49. The number of fused-ring (bicyclic) bond motifs is 1. The van der Waals surface area contributed by atoms with E-state index in [9.17, 15) is 41.0 Å². The summed E-state index contributed by atoms with van der Waals surface area (Å²) in [6, 6.07) is 4.59. The van der Waals surface area contributed by atoms with Crippen molar-refractivity contribution in [1.82, 2.24) is 29.8 Å². The molecule has 290 valence electrons. The van der Waals surface area contributed by atoms with E-state index in [2.05, 4.69) is 25.3 Å². The number of carbonyl (C=O) groups excluding carboxylic acids is 1. The molecule has 0 atom stereocenters. The van der Waals surface area contributed by atoms with E-state index in [-0.39, 0.29) is 55.0 Å². The summed E-state index contributed by atoms with van der Waals surface area (Å²) in [5.41, 5.74) is -3.34. The van der Waals surface area contributed by atoms with Crippen molar-refractivity contribution in [3.8, 4) is 17.1 Å². The summed E-state index contributed by atoms with van der Waals surface area (Å²) in [5, 5.41) is 13.5. The number of nitrogens with one attached hydrogen (secondary N) is 1. The molecule has 3 aromatic heterocycles. The highest BCUT2D eigenvalue weighted by molar-refractivity contribution is 6.00. The van der Waals surface area contributed by atoms with Gasteiger partial charge >= 0.3 is 12.1 Å². The number of hydrogen-bond donors (Lipinski definition) is 2. The summed E-state index contributed by atoms with van der Waals surface area (Å²) in [7, 11) is 0. The zero-order chi connectivity index (χ0) is 38.4. The van der Waals surface area contributed by atoms with Crippen LogP contribution < -0.4 is 15.0 Å². The second-order valence-corrected chi connectivity index (χ2v) is 15.9. The van der Waals surface area contributed by atoms with Crippen molar-refractivity contribution in [3.05, 3.63) is 60.1 Å². The molecule has 1 saturated heterocycles. The van der Waals surface area contributed by atoms with E-state index in [1.165, 1.54) is 0 Å². The van der Waals surface area contributed by atoms with E-state index in [1.54, 1.807) is 33.9 Å². The molecule has 5 saturated carbocycles. The van der Waals surface area contributed by atoms with Crippen LogP contribution in [0, 0.1) is 29.5 Å². The van der Waals surface area contributed by atoms with Crippen molar-refractivity contribution in [2.24, 2.45) is 23.7 Å². The zero-order valence-corrected chi connectivity index (χ0v) is 29.4. The van der Waals surface area contributed by atoms with E-state index in [0.29, 0.717) is 73.2 Å². The van der Waals surface area contributed by atoms with Crippen LogP contribution in [0.1, 0.15) is 79.9 Å². The maximum absolute atomic E-state index is 14.8. The molecule has 4 aromatic rings. The number of aromatic nitrogens is 5. The Balaban J connectivity index is 1.04. The lowest BCUT2D eigenvalue weighted by Gasteiger charge is -2.59. The van der Waals surface area contributed by atoms with Crippen molar-refractivity contribution in [2.45, 2.75) is 87.6 Å². The van der Waals surface area contributed by atoms with Gasteiger partial charge in [0.25, 0.3) is 5.91 Å². The van der Waals surface area contributed by atoms with Crippen molar-refractivity contribution in [2.75, 3.05) is 18.0 Å². The molecule has 6 fully saturated rings. The number of nitrogens with zero attached hydrogens (tertiary/aromatic N) is 6. The topological polar surface area (TPSA) is 135 Å². The maximum Gasteiger partial charge on any atom is 0.434 e. The summed E-state index contributed by atoms with van der Waals surface area (Å²) in [4.78, 5) is 44.5. The molecule has 0 radical (unpaired) electrons. The van der Waals surface area contributed by atoms with Crippen molar-refractivity contribution < 1.29 is 45.8 Å². The zero-order valence-electron chi connectivity index (χ0n) is 29.4. The highest BCUT2D eigenvalue weighted by Gasteiger charge is 2.62. The molecular formula is C38H37F6N7O4. The Hall–Kier alpha value is -4.96. The fourth-order valence-electron chi connectivity index (χ4n) is 10.1. The molecule has 0 spiro atoms. The van der Waals surface area contributed by atoms with Gasteiger partial charge in [-0.2, -0.15) is 13.2 Å². The van der Waals surface area contributed by atoms with Gasteiger partial charge in [-0.3, -0.25) is 4.79 Å². The van der Waals surface area contributed by atoms with Crippen LogP contribution in [0.2, 0.25) is 0 Å². The number of ether oxygens (including phenoxy) is 1. The van der Waals surface area contributed by atoms with E-state index in [1.807, 2.05) is 0 Å². The lowest BCUT2D eigenvalue weighted by atomic mass is 9.48. The third-order valence-electron chi connectivity index (χ3n) is 12.6. The van der Waals surface area contributed by atoms with Crippen LogP contribution in [0.3, 0.4) is 0 Å². The van der Waals surface area contributed by atoms with Crippen LogP contribution in [0.4, 0.5) is 32.3 Å². The van der Waals surface area contributed by atoms with E-state index in [4.69, 9.17) is 4.74 Å². The van der Waals surface area contributed by atoms with Gasteiger partial charge in [-0.1, -0.05) is 0 Å². The molecule has 4 bridgehead atoms. The lowest BCUT2D eigenvalue weighted by molar-refractivity contribution is -0.163. The summed E-state index contributed by atoms with van der Waals surface area (Å²) in [6.07, 6.45) is 2.04. The summed E-state index contributed by atoms with van der Waals surface area (Å²) < 4.78 is 93.9. The Labute approximate surface area is 310 Å². The fourth-order valence-corrected chi connectivity index (χ4v) is 10.1. The first-order chi connectivity index (χ1) is 26.2. The van der Waals surface area contributed by atoms with Crippen LogP contribution in [0.5, 0.6) is 5.75 Å². The van der Waals surface area contributed by atoms with Crippen LogP contribution in [-0.4, -0.2) is 72.1 Å². The van der Waals surface area contributed by atoms with Gasteiger partial charge in [0.2, 0.25) is 11.9 Å². The molecule has 1 amide bonds. The number of aliphatic carboxylic acids is 1. The number of benzene rings is 1. The number of carboxylic acids is 1. The number of halogens is 6. The predicted molar refractivity (Wildman–Crippen MR) is 184 cm³/mol. The Morgan fingerprint density at radius 2 is 1.58 bits per heavy atom. The monoisotopic (exact) mass is 769 g/mol. The SMILES string of the molecule is O=C(NC1(C(=O)O)C2CC3CC(C2)CC1C3)c1cnc(-c2cn(C3CCC(F)(F)CC3)c3cc(OC4CN(c5ncc(F)cn5)C4)ccc23)nc1C(F)(F)F. The number of carboxylic acid groups (broad SMARTS) is 1. The summed E-state index contributed by atoms with van der Waals surface area (Å²) in [6.45, 7) is 0.828. The second-order valence-electron chi connectivity index (χ2n) is 15.9. The Bertz CT molecular complexity index is 2130. The lowest BCUT2D eigenvalue weighted by Crippen LogP contribution is -2.70. The number of rotatable bonds is 8. The number of alkyl halides is 5. The maximum atomic E-state index is 14.8. The minimum atomic E-state index is -5.10. The molecule has 17 heteroatoms. The highest BCUT2D eigenvalue weighted by atomic mass is 19.4. The van der Waals surface area contributed by atoms with E-state index >= 15 is 0 Å². The first-order valence-electron chi connectivity index (χ1n) is 18.6. The predicted octanol–water partition coefficient (Wildman–Crippen LogP) is 7.07. The Morgan fingerprint density at radius 3 is 2.20 bits per heavy atom. The Morgan fingerprint density at radius 1 is 0.927 bits per heavy atom. The second kappa shape index (κ2) is 12.8. The number of amides is 1. The van der Waals surface area contributed by atoms with Crippen LogP contribution in [0.25, 0.3) is 22.3 Å². The molecule has 10 rings (SSSR count). The quantitative estimate of drug-likeness (QED) is 0.181. The highest BCUT2D eigenvalue weighted by Crippen LogP contribution is 2.58. The van der Waals surface area contributed by atoms with Crippen LogP contribution >= 0.6 is 0 Å². The third kappa shape index (κ3) is 6.22. The molecule has 6 aliphatic rings. The van der Waals surface area contributed by atoms with Crippen molar-refractivity contribution in [1.29, 1.82) is 0 Å². The van der Waals surface area contributed by atoms with E-state index in [0.717, 1.165) is 25.0 Å². The molecule has 1 aliphatic heterocycles. The first-order valence-corrected chi connectivity index (χ1v) is 18.6. The minimum absolute atomic E-state index is 0.124. The molecular weight excluding hydrogens is 732 g/mol. The summed E-state index contributed by atoms with van der Waals surface area (Å²) in [5.74, 6) is -5.43. The fraction of sp³-hybridized carbons (Fsp3) is 0.526. The molecule has 55 heavy (non-hydrogen) atoms. The number of hydrogen-bond acceptors (Lipinski definition) is 8.